The van der Waals surface area contributed by atoms with Crippen molar-refractivity contribution in [2.45, 2.75) is 6.54 Å². The third-order valence-electron chi connectivity index (χ3n) is 4.77. The molecule has 2 aromatic carbocycles. The van der Waals surface area contributed by atoms with Crippen LogP contribution in [-0.4, -0.2) is 36.6 Å². The molecule has 1 aliphatic rings. The SMILES string of the molecule is COCCNC(=O)Cn1cc(C=C2C(=O)Nc3ccccc32)c2ccccc21. The maximum atomic E-state index is 12.4. The van der Waals surface area contributed by atoms with E-state index in [4.69, 9.17) is 4.74 Å². The molecule has 2 heterocycles. The molecule has 4 rings (SSSR count). The maximum absolute atomic E-state index is 12.4. The van der Waals surface area contributed by atoms with Gasteiger partial charge >= 0.3 is 0 Å². The summed E-state index contributed by atoms with van der Waals surface area (Å²) in [4.78, 5) is 24.7. The summed E-state index contributed by atoms with van der Waals surface area (Å²) in [5.74, 6) is -0.198. The highest BCUT2D eigenvalue weighted by Crippen LogP contribution is 2.34. The third-order valence-corrected chi connectivity index (χ3v) is 4.77. The lowest BCUT2D eigenvalue weighted by Gasteiger charge is -2.06. The molecule has 0 aliphatic carbocycles. The fraction of sp³-hybridized carbons (Fsp3) is 0.182. The first-order valence-corrected chi connectivity index (χ1v) is 9.13. The van der Waals surface area contributed by atoms with Crippen molar-refractivity contribution in [3.05, 3.63) is 65.9 Å². The van der Waals surface area contributed by atoms with E-state index in [9.17, 15) is 9.59 Å². The van der Waals surface area contributed by atoms with Crippen LogP contribution in [0.3, 0.4) is 0 Å². The van der Waals surface area contributed by atoms with Gasteiger partial charge in [0.15, 0.2) is 0 Å². The van der Waals surface area contributed by atoms with Crippen LogP contribution in [0.15, 0.2) is 54.7 Å². The summed E-state index contributed by atoms with van der Waals surface area (Å²) in [6.07, 6.45) is 3.81. The van der Waals surface area contributed by atoms with Crippen molar-refractivity contribution in [2.24, 2.45) is 0 Å². The first kappa shape index (κ1) is 18.0. The lowest BCUT2D eigenvalue weighted by atomic mass is 10.0. The molecule has 0 bridgehead atoms. The van der Waals surface area contributed by atoms with Crippen molar-refractivity contribution in [3.8, 4) is 0 Å². The Morgan fingerprint density at radius 3 is 2.82 bits per heavy atom. The Balaban J connectivity index is 1.69. The number of benzene rings is 2. The van der Waals surface area contributed by atoms with Crippen LogP contribution in [0.5, 0.6) is 0 Å². The van der Waals surface area contributed by atoms with Crippen LogP contribution in [0, 0.1) is 0 Å². The van der Waals surface area contributed by atoms with Gasteiger partial charge in [-0.1, -0.05) is 36.4 Å². The molecule has 6 heteroatoms. The van der Waals surface area contributed by atoms with Gasteiger partial charge in [0.1, 0.15) is 6.54 Å². The molecule has 0 unspecified atom stereocenters. The van der Waals surface area contributed by atoms with Gasteiger partial charge in [-0.25, -0.2) is 0 Å². The number of aromatic nitrogens is 1. The summed E-state index contributed by atoms with van der Waals surface area (Å²) in [6.45, 7) is 1.16. The van der Waals surface area contributed by atoms with E-state index in [0.29, 0.717) is 18.7 Å². The van der Waals surface area contributed by atoms with Crippen LogP contribution < -0.4 is 10.6 Å². The lowest BCUT2D eigenvalue weighted by molar-refractivity contribution is -0.121. The second kappa shape index (κ2) is 7.70. The normalized spacial score (nSPS) is 14.3. The standard InChI is InChI=1S/C22H21N3O3/c1-28-11-10-23-21(26)14-25-13-15(16-6-3-5-9-20(16)25)12-18-17-7-2-4-8-19(17)24-22(18)27/h2-9,12-13H,10-11,14H2,1H3,(H,23,26)(H,24,27). The monoisotopic (exact) mass is 375 g/mol. The van der Waals surface area contributed by atoms with Crippen molar-refractivity contribution in [2.75, 3.05) is 25.6 Å². The summed E-state index contributed by atoms with van der Waals surface area (Å²) in [5, 5.41) is 6.73. The number of carbonyl (C=O) groups is 2. The number of ether oxygens (including phenoxy) is 1. The molecule has 3 aromatic rings. The minimum absolute atomic E-state index is 0.0824. The first-order valence-electron chi connectivity index (χ1n) is 9.13. The van der Waals surface area contributed by atoms with Gasteiger partial charge in [0.2, 0.25) is 5.91 Å². The summed E-state index contributed by atoms with van der Waals surface area (Å²) >= 11 is 0. The zero-order valence-electron chi connectivity index (χ0n) is 15.6. The van der Waals surface area contributed by atoms with Crippen LogP contribution >= 0.6 is 0 Å². The van der Waals surface area contributed by atoms with Crippen LogP contribution in [0.4, 0.5) is 5.69 Å². The molecular weight excluding hydrogens is 354 g/mol. The Morgan fingerprint density at radius 1 is 1.18 bits per heavy atom. The molecule has 1 aliphatic heterocycles. The maximum Gasteiger partial charge on any atom is 0.256 e. The largest absolute Gasteiger partial charge is 0.383 e. The number of fused-ring (bicyclic) bond motifs is 2. The highest BCUT2D eigenvalue weighted by Gasteiger charge is 2.24. The molecule has 0 radical (unpaired) electrons. The molecule has 0 fully saturated rings. The van der Waals surface area contributed by atoms with Crippen molar-refractivity contribution >= 4 is 40.1 Å². The molecule has 0 saturated heterocycles. The number of para-hydroxylation sites is 2. The van der Waals surface area contributed by atoms with Gasteiger partial charge < -0.3 is 19.9 Å². The number of amides is 2. The molecule has 28 heavy (non-hydrogen) atoms. The zero-order valence-corrected chi connectivity index (χ0v) is 15.6. The van der Waals surface area contributed by atoms with E-state index in [0.717, 1.165) is 27.7 Å². The topological polar surface area (TPSA) is 72.4 Å². The Morgan fingerprint density at radius 2 is 1.96 bits per heavy atom. The fourth-order valence-electron chi connectivity index (χ4n) is 3.46. The fourth-order valence-corrected chi connectivity index (χ4v) is 3.46. The average Bonchev–Trinajstić information content (AvgIpc) is 3.20. The Labute approximate surface area is 162 Å². The number of rotatable bonds is 6. The molecule has 0 saturated carbocycles. The number of methoxy groups -OCH3 is 1. The van der Waals surface area contributed by atoms with E-state index in [2.05, 4.69) is 10.6 Å². The van der Waals surface area contributed by atoms with Crippen LogP contribution in [0.25, 0.3) is 22.6 Å². The van der Waals surface area contributed by atoms with Crippen molar-refractivity contribution < 1.29 is 14.3 Å². The van der Waals surface area contributed by atoms with Gasteiger partial charge in [0.25, 0.3) is 5.91 Å². The van der Waals surface area contributed by atoms with Crippen LogP contribution in [0.1, 0.15) is 11.1 Å². The van der Waals surface area contributed by atoms with Gasteiger partial charge in [-0.15, -0.1) is 0 Å². The van der Waals surface area contributed by atoms with Crippen LogP contribution in [-0.2, 0) is 20.9 Å². The molecule has 0 atom stereocenters. The van der Waals surface area contributed by atoms with E-state index < -0.39 is 0 Å². The summed E-state index contributed by atoms with van der Waals surface area (Å²) in [7, 11) is 1.60. The number of hydrogen-bond donors (Lipinski definition) is 2. The van der Waals surface area contributed by atoms with Gasteiger partial charge in [-0.05, 0) is 18.2 Å². The quantitative estimate of drug-likeness (QED) is 0.514. The average molecular weight is 375 g/mol. The second-order valence-corrected chi connectivity index (χ2v) is 6.63. The molecule has 6 nitrogen and oxygen atoms in total. The first-order chi connectivity index (χ1) is 13.7. The molecule has 1 aromatic heterocycles. The molecule has 0 spiro atoms. The zero-order chi connectivity index (χ0) is 19.5. The predicted molar refractivity (Wildman–Crippen MR) is 110 cm³/mol. The van der Waals surface area contributed by atoms with Crippen molar-refractivity contribution in [3.63, 3.8) is 0 Å². The van der Waals surface area contributed by atoms with Gasteiger partial charge in [-0.3, -0.25) is 9.59 Å². The second-order valence-electron chi connectivity index (χ2n) is 6.63. The van der Waals surface area contributed by atoms with E-state index in [1.54, 1.807) is 7.11 Å². The van der Waals surface area contributed by atoms with Gasteiger partial charge in [-0.2, -0.15) is 0 Å². The number of hydrogen-bond acceptors (Lipinski definition) is 3. The predicted octanol–water partition coefficient (Wildman–Crippen LogP) is 2.90. The summed E-state index contributed by atoms with van der Waals surface area (Å²) < 4.78 is 6.87. The van der Waals surface area contributed by atoms with Crippen molar-refractivity contribution in [1.29, 1.82) is 0 Å². The van der Waals surface area contributed by atoms with Gasteiger partial charge in [0, 0.05) is 53.1 Å². The Bertz CT molecular complexity index is 1080. The van der Waals surface area contributed by atoms with Gasteiger partial charge in [0.05, 0.1) is 6.61 Å². The van der Waals surface area contributed by atoms with E-state index in [-0.39, 0.29) is 18.4 Å². The minimum Gasteiger partial charge on any atom is -0.383 e. The molecule has 2 N–H and O–H groups in total. The van der Waals surface area contributed by atoms with Crippen LogP contribution in [0.2, 0.25) is 0 Å². The van der Waals surface area contributed by atoms with Crippen molar-refractivity contribution in [1.82, 2.24) is 9.88 Å². The summed E-state index contributed by atoms with van der Waals surface area (Å²) in [6, 6.07) is 15.5. The number of nitrogens with zero attached hydrogens (tertiary/aromatic N) is 1. The number of carbonyl (C=O) groups excluding carboxylic acids is 2. The molecule has 142 valence electrons. The van der Waals surface area contributed by atoms with E-state index in [1.165, 1.54) is 0 Å². The number of anilines is 1. The highest BCUT2D eigenvalue weighted by molar-refractivity contribution is 6.35. The Kier molecular flexibility index (Phi) is 4.95. The molecular formula is C22H21N3O3. The Hall–Kier alpha value is -3.38. The van der Waals surface area contributed by atoms with E-state index >= 15 is 0 Å². The smallest absolute Gasteiger partial charge is 0.256 e. The highest BCUT2D eigenvalue weighted by atomic mass is 16.5. The lowest BCUT2D eigenvalue weighted by Crippen LogP contribution is -2.30. The molecule has 2 amide bonds. The minimum atomic E-state index is -0.115. The third kappa shape index (κ3) is 3.42. The number of nitrogens with one attached hydrogen (secondary N) is 2. The van der Waals surface area contributed by atoms with E-state index in [1.807, 2.05) is 65.4 Å². The summed E-state index contributed by atoms with van der Waals surface area (Å²) in [5.41, 5.74) is 4.19.